The van der Waals surface area contributed by atoms with Crippen molar-refractivity contribution in [1.82, 2.24) is 0 Å². The minimum Gasteiger partial charge on any atom is -0.207 e. The molecule has 33 heavy (non-hydrogen) atoms. The quantitative estimate of drug-likeness (QED) is 0.177. The maximum absolute atomic E-state index is 14.8. The normalized spacial score (nSPS) is 18.6. The summed E-state index contributed by atoms with van der Waals surface area (Å²) in [6.07, 6.45) is 16.4. The Labute approximate surface area is 196 Å². The van der Waals surface area contributed by atoms with Crippen LogP contribution in [0.4, 0.5) is 17.6 Å². The van der Waals surface area contributed by atoms with Gasteiger partial charge < -0.3 is 0 Å². The lowest BCUT2D eigenvalue weighted by atomic mass is 9.77. The minimum absolute atomic E-state index is 0.0996. The zero-order chi connectivity index (χ0) is 23.8. The fourth-order valence-electron chi connectivity index (χ4n) is 5.24. The molecule has 0 spiro atoms. The van der Waals surface area contributed by atoms with Crippen molar-refractivity contribution in [3.8, 4) is 11.1 Å². The summed E-state index contributed by atoms with van der Waals surface area (Å²) in [6.45, 7) is 3.42. The molecular formula is C29H38F4. The van der Waals surface area contributed by atoms with Crippen LogP contribution in [0.15, 0.2) is 24.3 Å². The van der Waals surface area contributed by atoms with E-state index in [9.17, 15) is 17.6 Å². The average molecular weight is 463 g/mol. The van der Waals surface area contributed by atoms with Crippen molar-refractivity contribution in [3.05, 3.63) is 58.7 Å². The van der Waals surface area contributed by atoms with Crippen LogP contribution in [0.2, 0.25) is 0 Å². The van der Waals surface area contributed by atoms with Crippen molar-refractivity contribution < 1.29 is 17.6 Å². The highest BCUT2D eigenvalue weighted by Gasteiger charge is 2.24. The lowest BCUT2D eigenvalue weighted by Crippen LogP contribution is -2.13. The predicted octanol–water partition coefficient (Wildman–Crippen LogP) is 10.0. The number of halogens is 4. The highest BCUT2D eigenvalue weighted by molar-refractivity contribution is 5.66. The van der Waals surface area contributed by atoms with Crippen LogP contribution in [-0.2, 0) is 0 Å². The molecule has 0 radical (unpaired) electrons. The molecule has 0 bridgehead atoms. The van der Waals surface area contributed by atoms with E-state index in [1.54, 1.807) is 6.07 Å². The highest BCUT2D eigenvalue weighted by atomic mass is 19.2. The van der Waals surface area contributed by atoms with Crippen LogP contribution in [0.1, 0.15) is 107 Å². The van der Waals surface area contributed by atoms with Gasteiger partial charge >= 0.3 is 0 Å². The molecular weight excluding hydrogens is 424 g/mol. The van der Waals surface area contributed by atoms with Gasteiger partial charge in [0.25, 0.3) is 0 Å². The zero-order valence-electron chi connectivity index (χ0n) is 20.2. The molecule has 0 saturated heterocycles. The van der Waals surface area contributed by atoms with Gasteiger partial charge in [-0.25, -0.2) is 17.6 Å². The van der Waals surface area contributed by atoms with Crippen molar-refractivity contribution in [2.24, 2.45) is 5.92 Å². The third-order valence-electron chi connectivity index (χ3n) is 7.46. The maximum atomic E-state index is 14.8. The fraction of sp³-hybridized carbons (Fsp3) is 0.586. The van der Waals surface area contributed by atoms with Gasteiger partial charge in [0.05, 0.1) is 0 Å². The summed E-state index contributed by atoms with van der Waals surface area (Å²) in [5.74, 6) is -2.92. The Morgan fingerprint density at radius 1 is 0.697 bits per heavy atom. The van der Waals surface area contributed by atoms with Crippen molar-refractivity contribution in [1.29, 1.82) is 0 Å². The molecule has 4 heteroatoms. The molecule has 0 amide bonds. The summed E-state index contributed by atoms with van der Waals surface area (Å²) >= 11 is 0. The lowest BCUT2D eigenvalue weighted by Gasteiger charge is -2.29. The fourth-order valence-corrected chi connectivity index (χ4v) is 5.24. The van der Waals surface area contributed by atoms with E-state index < -0.39 is 28.8 Å². The van der Waals surface area contributed by atoms with E-state index in [1.807, 2.05) is 0 Å². The van der Waals surface area contributed by atoms with Crippen LogP contribution in [-0.4, -0.2) is 0 Å². The Morgan fingerprint density at radius 3 is 1.97 bits per heavy atom. The van der Waals surface area contributed by atoms with E-state index >= 15 is 0 Å². The zero-order valence-corrected chi connectivity index (χ0v) is 20.2. The van der Waals surface area contributed by atoms with E-state index in [0.29, 0.717) is 5.92 Å². The summed E-state index contributed by atoms with van der Waals surface area (Å²) in [6, 6.07) is 5.55. The Morgan fingerprint density at radius 2 is 1.33 bits per heavy atom. The average Bonchev–Trinajstić information content (AvgIpc) is 2.82. The van der Waals surface area contributed by atoms with Crippen molar-refractivity contribution >= 4 is 0 Å². The smallest absolute Gasteiger partial charge is 0.167 e. The van der Waals surface area contributed by atoms with E-state index in [4.69, 9.17) is 0 Å². The van der Waals surface area contributed by atoms with E-state index in [2.05, 4.69) is 6.92 Å². The van der Waals surface area contributed by atoms with Crippen LogP contribution in [0.25, 0.3) is 11.1 Å². The molecule has 2 aromatic rings. The van der Waals surface area contributed by atoms with Gasteiger partial charge in [0, 0.05) is 16.7 Å². The molecule has 2 aromatic carbocycles. The SMILES string of the molecule is CCCCCCCCCC[C@H]1CC[C@H](c2ccc(-c3cc(F)c(C)c(F)c3F)c(F)c2)CC1. The van der Waals surface area contributed by atoms with Crippen molar-refractivity contribution in [2.75, 3.05) is 0 Å². The molecule has 1 fully saturated rings. The molecule has 1 aliphatic rings. The van der Waals surface area contributed by atoms with Gasteiger partial charge in [0.1, 0.15) is 11.6 Å². The van der Waals surface area contributed by atoms with Gasteiger partial charge in [-0.05, 0) is 62.1 Å². The van der Waals surface area contributed by atoms with Crippen molar-refractivity contribution in [2.45, 2.75) is 103 Å². The van der Waals surface area contributed by atoms with Gasteiger partial charge in [-0.2, -0.15) is 0 Å². The molecule has 0 aromatic heterocycles. The molecule has 0 aliphatic heterocycles. The lowest BCUT2D eigenvalue weighted by molar-refractivity contribution is 0.301. The molecule has 0 unspecified atom stereocenters. The predicted molar refractivity (Wildman–Crippen MR) is 128 cm³/mol. The van der Waals surface area contributed by atoms with Gasteiger partial charge in [-0.3, -0.25) is 0 Å². The largest absolute Gasteiger partial charge is 0.207 e. The Hall–Kier alpha value is -1.84. The van der Waals surface area contributed by atoms with Gasteiger partial charge in [0.2, 0.25) is 0 Å². The number of hydrogen-bond acceptors (Lipinski definition) is 0. The van der Waals surface area contributed by atoms with Gasteiger partial charge in [-0.15, -0.1) is 0 Å². The van der Waals surface area contributed by atoms with E-state index in [0.717, 1.165) is 43.2 Å². The van der Waals surface area contributed by atoms with Gasteiger partial charge in [0.15, 0.2) is 11.6 Å². The first-order valence-electron chi connectivity index (χ1n) is 12.9. The molecule has 0 nitrogen and oxygen atoms in total. The van der Waals surface area contributed by atoms with E-state index in [1.165, 1.54) is 76.8 Å². The first kappa shape index (κ1) is 25.8. The summed E-state index contributed by atoms with van der Waals surface area (Å²) in [5, 5.41) is 0. The van der Waals surface area contributed by atoms with E-state index in [-0.39, 0.29) is 11.1 Å². The van der Waals surface area contributed by atoms with Crippen LogP contribution >= 0.6 is 0 Å². The van der Waals surface area contributed by atoms with Crippen LogP contribution < -0.4 is 0 Å². The second-order valence-corrected chi connectivity index (χ2v) is 9.88. The molecule has 3 rings (SSSR count). The number of hydrogen-bond donors (Lipinski definition) is 0. The summed E-state index contributed by atoms with van der Waals surface area (Å²) in [5.41, 5.74) is 0.0402. The maximum Gasteiger partial charge on any atom is 0.167 e. The topological polar surface area (TPSA) is 0 Å². The monoisotopic (exact) mass is 462 g/mol. The summed E-state index contributed by atoms with van der Waals surface area (Å²) in [7, 11) is 0. The molecule has 0 atom stereocenters. The summed E-state index contributed by atoms with van der Waals surface area (Å²) < 4.78 is 57.0. The first-order chi connectivity index (χ1) is 15.9. The second kappa shape index (κ2) is 12.6. The number of rotatable bonds is 11. The highest BCUT2D eigenvalue weighted by Crippen LogP contribution is 2.39. The Kier molecular flexibility index (Phi) is 9.82. The molecule has 182 valence electrons. The van der Waals surface area contributed by atoms with Crippen LogP contribution in [0, 0.1) is 36.1 Å². The number of unbranched alkanes of at least 4 members (excludes halogenated alkanes) is 7. The standard InChI is InChI=1S/C29H38F4/c1-3-4-5-6-7-8-9-10-11-21-12-14-22(15-13-21)23-16-17-24(27(31)18-23)25-19-26(30)20(2)28(32)29(25)33/h16-19,21-22H,3-15H2,1-2H3/t21-,22-. The minimum atomic E-state index is -1.26. The summed E-state index contributed by atoms with van der Waals surface area (Å²) in [4.78, 5) is 0. The van der Waals surface area contributed by atoms with Crippen LogP contribution in [0.3, 0.4) is 0 Å². The Balaban J connectivity index is 1.49. The number of benzene rings is 2. The Bertz CT molecular complexity index is 897. The molecule has 0 N–H and O–H groups in total. The van der Waals surface area contributed by atoms with Gasteiger partial charge in [-0.1, -0.05) is 76.8 Å². The van der Waals surface area contributed by atoms with Crippen molar-refractivity contribution in [3.63, 3.8) is 0 Å². The third-order valence-corrected chi connectivity index (χ3v) is 7.46. The molecule has 0 heterocycles. The second-order valence-electron chi connectivity index (χ2n) is 9.88. The molecule has 1 aliphatic carbocycles. The van der Waals surface area contributed by atoms with Crippen LogP contribution in [0.5, 0.6) is 0 Å². The first-order valence-corrected chi connectivity index (χ1v) is 12.9. The third kappa shape index (κ3) is 6.83. The molecule has 1 saturated carbocycles.